The molecule has 0 bridgehead atoms. The van der Waals surface area contributed by atoms with Crippen LogP contribution in [0.3, 0.4) is 0 Å². The van der Waals surface area contributed by atoms with Crippen LogP contribution in [0.5, 0.6) is 0 Å². The minimum absolute atomic E-state index is 0.0795. The number of allylic oxidation sites excluding steroid dienone is 1. The Labute approximate surface area is 89.9 Å². The normalized spacial score (nSPS) is 11.4. The van der Waals surface area contributed by atoms with Crippen molar-refractivity contribution >= 4 is 5.78 Å². The third-order valence-electron chi connectivity index (χ3n) is 2.28. The molecule has 1 rings (SSSR count). The van der Waals surface area contributed by atoms with Crippen molar-refractivity contribution in [2.24, 2.45) is 0 Å². The molecule has 0 aliphatic heterocycles. The van der Waals surface area contributed by atoms with Crippen molar-refractivity contribution in [3.05, 3.63) is 48.6 Å². The minimum atomic E-state index is -0.370. The molecule has 76 valence electrons. The highest BCUT2D eigenvalue weighted by Gasteiger charge is 2.13. The molecule has 2 heteroatoms. The SMILES string of the molecule is C=CCC(CC(=O)C#N)c1ccccc1. The smallest absolute Gasteiger partial charge is 0.232 e. The van der Waals surface area contributed by atoms with Crippen molar-refractivity contribution in [2.75, 3.05) is 0 Å². The van der Waals surface area contributed by atoms with Gasteiger partial charge in [-0.1, -0.05) is 36.4 Å². The van der Waals surface area contributed by atoms with Crippen molar-refractivity contribution in [3.8, 4) is 6.07 Å². The Morgan fingerprint density at radius 1 is 1.47 bits per heavy atom. The van der Waals surface area contributed by atoms with E-state index < -0.39 is 0 Å². The van der Waals surface area contributed by atoms with E-state index in [1.807, 2.05) is 30.3 Å². The molecule has 0 N–H and O–H groups in total. The average molecular weight is 199 g/mol. The summed E-state index contributed by atoms with van der Waals surface area (Å²) in [6.45, 7) is 3.66. The standard InChI is InChI=1S/C13H13NO/c1-2-6-12(9-13(15)10-14)11-7-4-3-5-8-11/h2-5,7-8,12H,1,6,9H2. The highest BCUT2D eigenvalue weighted by atomic mass is 16.1. The number of Topliss-reactive ketones (excluding diaryl/α,β-unsaturated/α-hetero) is 1. The van der Waals surface area contributed by atoms with Crippen LogP contribution in [0.1, 0.15) is 24.3 Å². The second kappa shape index (κ2) is 5.77. The summed E-state index contributed by atoms with van der Waals surface area (Å²) in [4.78, 5) is 11.1. The molecule has 2 nitrogen and oxygen atoms in total. The van der Waals surface area contributed by atoms with Gasteiger partial charge in [0, 0.05) is 6.42 Å². The molecule has 0 saturated carbocycles. The summed E-state index contributed by atoms with van der Waals surface area (Å²) < 4.78 is 0. The summed E-state index contributed by atoms with van der Waals surface area (Å²) in [6.07, 6.45) is 2.77. The maximum absolute atomic E-state index is 11.1. The first-order valence-electron chi connectivity index (χ1n) is 4.86. The number of nitrogens with zero attached hydrogens (tertiary/aromatic N) is 1. The number of ketones is 1. The fourth-order valence-electron chi connectivity index (χ4n) is 1.53. The van der Waals surface area contributed by atoms with Crippen molar-refractivity contribution in [1.82, 2.24) is 0 Å². The Morgan fingerprint density at radius 3 is 2.67 bits per heavy atom. The zero-order valence-electron chi connectivity index (χ0n) is 8.52. The Bertz CT molecular complexity index is 375. The van der Waals surface area contributed by atoms with Crippen LogP contribution >= 0.6 is 0 Å². The Kier molecular flexibility index (Phi) is 4.30. The van der Waals surface area contributed by atoms with E-state index in [-0.39, 0.29) is 18.1 Å². The summed E-state index contributed by atoms with van der Waals surface area (Å²) in [5, 5.41) is 8.47. The first kappa shape index (κ1) is 11.2. The van der Waals surface area contributed by atoms with Crippen LogP contribution in [0.15, 0.2) is 43.0 Å². The van der Waals surface area contributed by atoms with Crippen molar-refractivity contribution in [2.45, 2.75) is 18.8 Å². The molecule has 1 atom stereocenters. The van der Waals surface area contributed by atoms with Gasteiger partial charge in [-0.05, 0) is 17.9 Å². The predicted octanol–water partition coefficient (Wildman–Crippen LogP) is 2.83. The van der Waals surface area contributed by atoms with Gasteiger partial charge in [-0.15, -0.1) is 6.58 Å². The first-order chi connectivity index (χ1) is 7.27. The van der Waals surface area contributed by atoms with Crippen molar-refractivity contribution in [3.63, 3.8) is 0 Å². The van der Waals surface area contributed by atoms with Crippen LogP contribution < -0.4 is 0 Å². The van der Waals surface area contributed by atoms with E-state index in [1.165, 1.54) is 0 Å². The molecular weight excluding hydrogens is 186 g/mol. The lowest BCUT2D eigenvalue weighted by atomic mass is 9.91. The summed E-state index contributed by atoms with van der Waals surface area (Å²) in [5.74, 6) is -0.290. The van der Waals surface area contributed by atoms with E-state index in [0.29, 0.717) is 0 Å². The summed E-state index contributed by atoms with van der Waals surface area (Å²) in [6, 6.07) is 11.4. The first-order valence-corrected chi connectivity index (χ1v) is 4.86. The third kappa shape index (κ3) is 3.40. The van der Waals surface area contributed by atoms with Crippen LogP contribution in [0.2, 0.25) is 0 Å². The van der Waals surface area contributed by atoms with Gasteiger partial charge < -0.3 is 0 Å². The highest BCUT2D eigenvalue weighted by molar-refractivity contribution is 5.93. The fraction of sp³-hybridized carbons (Fsp3) is 0.231. The van der Waals surface area contributed by atoms with E-state index in [9.17, 15) is 4.79 Å². The Balaban J connectivity index is 2.79. The lowest BCUT2D eigenvalue weighted by Crippen LogP contribution is -2.04. The van der Waals surface area contributed by atoms with Crippen LogP contribution in [0.25, 0.3) is 0 Å². The molecule has 1 unspecified atom stereocenters. The quantitative estimate of drug-likeness (QED) is 0.540. The largest absolute Gasteiger partial charge is 0.283 e. The van der Waals surface area contributed by atoms with Gasteiger partial charge in [0.1, 0.15) is 6.07 Å². The third-order valence-corrected chi connectivity index (χ3v) is 2.28. The maximum atomic E-state index is 11.1. The number of nitriles is 1. The summed E-state index contributed by atoms with van der Waals surface area (Å²) in [5.41, 5.74) is 1.08. The number of benzene rings is 1. The predicted molar refractivity (Wildman–Crippen MR) is 59.2 cm³/mol. The average Bonchev–Trinajstić information content (AvgIpc) is 2.29. The second-order valence-electron chi connectivity index (χ2n) is 3.37. The summed E-state index contributed by atoms with van der Waals surface area (Å²) in [7, 11) is 0. The molecule has 1 aromatic carbocycles. The molecule has 0 spiro atoms. The van der Waals surface area contributed by atoms with Crippen molar-refractivity contribution in [1.29, 1.82) is 5.26 Å². The molecule has 0 aromatic heterocycles. The van der Waals surface area contributed by atoms with Gasteiger partial charge in [0.2, 0.25) is 5.78 Å². The molecule has 0 aliphatic carbocycles. The maximum Gasteiger partial charge on any atom is 0.232 e. The highest BCUT2D eigenvalue weighted by Crippen LogP contribution is 2.23. The molecule has 0 aliphatic rings. The lowest BCUT2D eigenvalue weighted by Gasteiger charge is -2.12. The van der Waals surface area contributed by atoms with E-state index >= 15 is 0 Å². The number of hydrogen-bond donors (Lipinski definition) is 0. The zero-order valence-corrected chi connectivity index (χ0v) is 8.52. The molecule has 0 radical (unpaired) electrons. The van der Waals surface area contributed by atoms with Gasteiger partial charge in [0.05, 0.1) is 0 Å². The van der Waals surface area contributed by atoms with Gasteiger partial charge >= 0.3 is 0 Å². The van der Waals surface area contributed by atoms with E-state index in [2.05, 4.69) is 6.58 Å². The molecule has 0 amide bonds. The summed E-state index contributed by atoms with van der Waals surface area (Å²) >= 11 is 0. The molecule has 0 saturated heterocycles. The fourth-order valence-corrected chi connectivity index (χ4v) is 1.53. The number of carbonyl (C=O) groups excluding carboxylic acids is 1. The van der Waals surface area contributed by atoms with E-state index in [4.69, 9.17) is 5.26 Å². The van der Waals surface area contributed by atoms with E-state index in [1.54, 1.807) is 12.1 Å². The molecule has 1 aromatic rings. The zero-order chi connectivity index (χ0) is 11.1. The topological polar surface area (TPSA) is 40.9 Å². The molecule has 0 heterocycles. The number of carbonyl (C=O) groups is 1. The van der Waals surface area contributed by atoms with Gasteiger partial charge in [-0.2, -0.15) is 5.26 Å². The minimum Gasteiger partial charge on any atom is -0.283 e. The molecule has 15 heavy (non-hydrogen) atoms. The molecular formula is C13H13NO. The van der Waals surface area contributed by atoms with Crippen LogP contribution in [-0.2, 0) is 4.79 Å². The van der Waals surface area contributed by atoms with Gasteiger partial charge in [0.25, 0.3) is 0 Å². The number of hydrogen-bond acceptors (Lipinski definition) is 2. The van der Waals surface area contributed by atoms with Crippen LogP contribution in [-0.4, -0.2) is 5.78 Å². The van der Waals surface area contributed by atoms with Crippen LogP contribution in [0, 0.1) is 11.3 Å². The van der Waals surface area contributed by atoms with E-state index in [0.717, 1.165) is 12.0 Å². The molecule has 0 fully saturated rings. The van der Waals surface area contributed by atoms with Crippen LogP contribution in [0.4, 0.5) is 0 Å². The monoisotopic (exact) mass is 199 g/mol. The second-order valence-corrected chi connectivity index (χ2v) is 3.37. The van der Waals surface area contributed by atoms with Gasteiger partial charge in [0.15, 0.2) is 0 Å². The van der Waals surface area contributed by atoms with Gasteiger partial charge in [-0.25, -0.2) is 0 Å². The Hall–Kier alpha value is -1.88. The van der Waals surface area contributed by atoms with Gasteiger partial charge in [-0.3, -0.25) is 4.79 Å². The Morgan fingerprint density at radius 2 is 2.13 bits per heavy atom. The number of rotatable bonds is 5. The van der Waals surface area contributed by atoms with Crippen molar-refractivity contribution < 1.29 is 4.79 Å². The lowest BCUT2D eigenvalue weighted by molar-refractivity contribution is -0.114.